The largest absolute Gasteiger partial charge is 0.495 e. The minimum absolute atomic E-state index is 0.654. The lowest BCUT2D eigenvalue weighted by Gasteiger charge is -2.29. The highest BCUT2D eigenvalue weighted by atomic mass is 35.5. The van der Waals surface area contributed by atoms with Gasteiger partial charge in [-0.2, -0.15) is 0 Å². The maximum absolute atomic E-state index is 6.07. The van der Waals surface area contributed by atoms with Crippen LogP contribution in [-0.4, -0.2) is 33.4 Å². The van der Waals surface area contributed by atoms with Crippen molar-refractivity contribution in [3.8, 4) is 5.75 Å². The van der Waals surface area contributed by atoms with E-state index >= 15 is 0 Å². The third-order valence-corrected chi connectivity index (χ3v) is 2.81. The van der Waals surface area contributed by atoms with Gasteiger partial charge in [-0.15, -0.1) is 0 Å². The molecule has 2 rings (SSSR count). The number of halogens is 1. The second-order valence-electron chi connectivity index (χ2n) is 3.42. The number of methoxy groups -OCH3 is 1. The molecule has 0 radical (unpaired) electrons. The van der Waals surface area contributed by atoms with Gasteiger partial charge in [0.05, 0.1) is 25.3 Å². The van der Waals surface area contributed by atoms with Crippen molar-refractivity contribution in [1.29, 1.82) is 0 Å². The molecule has 0 spiro atoms. The number of anilines is 1. The number of rotatable bonds is 2. The molecule has 0 saturated carbocycles. The number of hydrogen-bond acceptors (Lipinski definition) is 3. The zero-order valence-corrected chi connectivity index (χ0v) is 9.46. The number of benzene rings is 1. The summed E-state index contributed by atoms with van der Waals surface area (Å²) < 4.78 is 10.4. The van der Waals surface area contributed by atoms with Gasteiger partial charge in [-0.05, 0) is 18.2 Å². The average molecular weight is 228 g/mol. The van der Waals surface area contributed by atoms with E-state index in [0.29, 0.717) is 10.8 Å². The quantitative estimate of drug-likeness (QED) is 0.773. The lowest BCUT2D eigenvalue weighted by molar-refractivity contribution is 0.122. The van der Waals surface area contributed by atoms with Crippen molar-refractivity contribution < 1.29 is 9.47 Å². The summed E-state index contributed by atoms with van der Waals surface area (Å²) >= 11 is 6.07. The zero-order chi connectivity index (χ0) is 10.7. The van der Waals surface area contributed by atoms with Crippen LogP contribution in [-0.2, 0) is 4.74 Å². The smallest absolute Gasteiger partial charge is 0.137 e. The fourth-order valence-corrected chi connectivity index (χ4v) is 1.93. The standard InChI is InChI=1S/C11H14ClNO2/c1-14-11-3-2-9(8-10(11)12)13-4-6-15-7-5-13/h2-3,8H,4-7H2,1H3. The molecule has 1 fully saturated rings. The van der Waals surface area contributed by atoms with Crippen LogP contribution in [0.5, 0.6) is 5.75 Å². The Hall–Kier alpha value is -0.930. The Morgan fingerprint density at radius 3 is 2.67 bits per heavy atom. The van der Waals surface area contributed by atoms with Crippen LogP contribution in [0.1, 0.15) is 0 Å². The molecular weight excluding hydrogens is 214 g/mol. The maximum Gasteiger partial charge on any atom is 0.137 e. The highest BCUT2D eigenvalue weighted by Crippen LogP contribution is 2.29. The molecule has 0 amide bonds. The van der Waals surface area contributed by atoms with Crippen LogP contribution in [0.25, 0.3) is 0 Å². The van der Waals surface area contributed by atoms with Gasteiger partial charge in [-0.1, -0.05) is 11.6 Å². The molecule has 82 valence electrons. The van der Waals surface area contributed by atoms with Crippen LogP contribution in [0.15, 0.2) is 18.2 Å². The van der Waals surface area contributed by atoms with Crippen LogP contribution in [0.2, 0.25) is 5.02 Å². The van der Waals surface area contributed by atoms with Gasteiger partial charge in [0, 0.05) is 18.8 Å². The SMILES string of the molecule is COc1ccc(N2CCOCC2)cc1Cl. The Morgan fingerprint density at radius 2 is 2.07 bits per heavy atom. The molecule has 1 heterocycles. The Kier molecular flexibility index (Phi) is 3.34. The number of ether oxygens (including phenoxy) is 2. The molecule has 1 aromatic rings. The van der Waals surface area contributed by atoms with Crippen LogP contribution in [0.4, 0.5) is 5.69 Å². The lowest BCUT2D eigenvalue weighted by atomic mass is 10.2. The van der Waals surface area contributed by atoms with E-state index in [1.165, 1.54) is 0 Å². The first kappa shape index (κ1) is 10.6. The van der Waals surface area contributed by atoms with Crippen LogP contribution in [0.3, 0.4) is 0 Å². The molecule has 0 aromatic heterocycles. The van der Waals surface area contributed by atoms with E-state index < -0.39 is 0 Å². The van der Waals surface area contributed by atoms with E-state index in [1.807, 2.05) is 18.2 Å². The Morgan fingerprint density at radius 1 is 1.33 bits per heavy atom. The summed E-state index contributed by atoms with van der Waals surface area (Å²) in [6, 6.07) is 5.86. The molecule has 0 unspecified atom stereocenters. The summed E-state index contributed by atoms with van der Waals surface area (Å²) in [4.78, 5) is 2.26. The maximum atomic E-state index is 6.07. The summed E-state index contributed by atoms with van der Waals surface area (Å²) in [6.07, 6.45) is 0. The fraction of sp³-hybridized carbons (Fsp3) is 0.455. The van der Waals surface area contributed by atoms with Crippen molar-refractivity contribution in [1.82, 2.24) is 0 Å². The lowest BCUT2D eigenvalue weighted by Crippen LogP contribution is -2.36. The monoisotopic (exact) mass is 227 g/mol. The molecule has 1 aliphatic heterocycles. The molecule has 4 heteroatoms. The summed E-state index contributed by atoms with van der Waals surface area (Å²) in [5, 5.41) is 0.654. The van der Waals surface area contributed by atoms with E-state index in [0.717, 1.165) is 32.0 Å². The fourth-order valence-electron chi connectivity index (χ4n) is 1.67. The molecule has 0 aliphatic carbocycles. The van der Waals surface area contributed by atoms with Crippen molar-refractivity contribution in [2.24, 2.45) is 0 Å². The van der Waals surface area contributed by atoms with Crippen molar-refractivity contribution in [2.45, 2.75) is 0 Å². The number of hydrogen-bond donors (Lipinski definition) is 0. The summed E-state index contributed by atoms with van der Waals surface area (Å²) in [5.41, 5.74) is 1.13. The molecule has 15 heavy (non-hydrogen) atoms. The first-order valence-electron chi connectivity index (χ1n) is 4.97. The molecule has 0 bridgehead atoms. The first-order chi connectivity index (χ1) is 7.31. The second-order valence-corrected chi connectivity index (χ2v) is 3.83. The first-order valence-corrected chi connectivity index (χ1v) is 5.35. The van der Waals surface area contributed by atoms with Gasteiger partial charge in [0.15, 0.2) is 0 Å². The Labute approximate surface area is 94.5 Å². The molecule has 1 aliphatic rings. The van der Waals surface area contributed by atoms with E-state index in [4.69, 9.17) is 21.1 Å². The minimum atomic E-state index is 0.654. The average Bonchev–Trinajstić information content (AvgIpc) is 2.30. The van der Waals surface area contributed by atoms with Crippen molar-refractivity contribution in [3.05, 3.63) is 23.2 Å². The van der Waals surface area contributed by atoms with Crippen molar-refractivity contribution in [3.63, 3.8) is 0 Å². The van der Waals surface area contributed by atoms with Crippen LogP contribution < -0.4 is 9.64 Å². The van der Waals surface area contributed by atoms with Gasteiger partial charge in [0.25, 0.3) is 0 Å². The Balaban J connectivity index is 2.17. The van der Waals surface area contributed by atoms with E-state index in [9.17, 15) is 0 Å². The van der Waals surface area contributed by atoms with Gasteiger partial charge >= 0.3 is 0 Å². The summed E-state index contributed by atoms with van der Waals surface area (Å²) in [7, 11) is 1.62. The second kappa shape index (κ2) is 4.73. The Bertz CT molecular complexity index is 337. The number of morpholine rings is 1. The van der Waals surface area contributed by atoms with Crippen molar-refractivity contribution >= 4 is 17.3 Å². The van der Waals surface area contributed by atoms with Gasteiger partial charge in [0.1, 0.15) is 5.75 Å². The predicted molar refractivity (Wildman–Crippen MR) is 61.0 cm³/mol. The van der Waals surface area contributed by atoms with Crippen molar-refractivity contribution in [2.75, 3.05) is 38.3 Å². The molecule has 3 nitrogen and oxygen atoms in total. The zero-order valence-electron chi connectivity index (χ0n) is 8.70. The van der Waals surface area contributed by atoms with Gasteiger partial charge in [0.2, 0.25) is 0 Å². The minimum Gasteiger partial charge on any atom is -0.495 e. The summed E-state index contributed by atoms with van der Waals surface area (Å²) in [5.74, 6) is 0.716. The highest BCUT2D eigenvalue weighted by molar-refractivity contribution is 6.32. The van der Waals surface area contributed by atoms with Gasteiger partial charge in [-0.3, -0.25) is 0 Å². The third-order valence-electron chi connectivity index (χ3n) is 2.51. The molecule has 1 aromatic carbocycles. The normalized spacial score (nSPS) is 16.5. The molecule has 0 N–H and O–H groups in total. The third kappa shape index (κ3) is 2.36. The highest BCUT2D eigenvalue weighted by Gasteiger charge is 2.12. The van der Waals surface area contributed by atoms with E-state index in [1.54, 1.807) is 7.11 Å². The van der Waals surface area contributed by atoms with E-state index in [-0.39, 0.29) is 0 Å². The topological polar surface area (TPSA) is 21.7 Å². The van der Waals surface area contributed by atoms with Crippen LogP contribution in [0, 0.1) is 0 Å². The summed E-state index contributed by atoms with van der Waals surface area (Å²) in [6.45, 7) is 3.40. The molecular formula is C11H14ClNO2. The van der Waals surface area contributed by atoms with Gasteiger partial charge in [-0.25, -0.2) is 0 Å². The van der Waals surface area contributed by atoms with E-state index in [2.05, 4.69) is 4.90 Å². The number of nitrogens with zero attached hydrogens (tertiary/aromatic N) is 1. The predicted octanol–water partition coefficient (Wildman–Crippen LogP) is 2.19. The van der Waals surface area contributed by atoms with Crippen LogP contribution >= 0.6 is 11.6 Å². The molecule has 0 atom stereocenters. The molecule has 1 saturated heterocycles. The van der Waals surface area contributed by atoms with Gasteiger partial charge < -0.3 is 14.4 Å².